The van der Waals surface area contributed by atoms with Crippen LogP contribution in [-0.2, 0) is 0 Å². The summed E-state index contributed by atoms with van der Waals surface area (Å²) >= 11 is 8.85. The SMILES string of the molecule is CCSc1nnc(NC(=O)c2ccc(C(CC(=N)C(F)(F)F)=Nc3ccccc3Cl)cc2)s1. The molecule has 0 atom stereocenters. The third-order valence-corrected chi connectivity index (χ3v) is 6.34. The third-order valence-electron chi connectivity index (χ3n) is 4.17. The number of anilines is 1. The third kappa shape index (κ3) is 6.86. The predicted molar refractivity (Wildman–Crippen MR) is 127 cm³/mol. The lowest BCUT2D eigenvalue weighted by Crippen LogP contribution is -2.25. The number of carbonyl (C=O) groups is 1. The van der Waals surface area contributed by atoms with Crippen molar-refractivity contribution in [3.05, 3.63) is 64.7 Å². The summed E-state index contributed by atoms with van der Waals surface area (Å²) in [5, 5.41) is 18.5. The summed E-state index contributed by atoms with van der Waals surface area (Å²) in [6.07, 6.45) is -5.53. The van der Waals surface area contributed by atoms with Crippen molar-refractivity contribution in [2.45, 2.75) is 23.9 Å². The highest BCUT2D eigenvalue weighted by Gasteiger charge is 2.35. The Morgan fingerprint density at radius 3 is 2.45 bits per heavy atom. The van der Waals surface area contributed by atoms with E-state index in [0.29, 0.717) is 10.7 Å². The van der Waals surface area contributed by atoms with Crippen LogP contribution in [0.5, 0.6) is 0 Å². The van der Waals surface area contributed by atoms with E-state index in [1.165, 1.54) is 47.4 Å². The first-order chi connectivity index (χ1) is 15.7. The lowest BCUT2D eigenvalue weighted by molar-refractivity contribution is -0.0605. The number of aliphatic imine (C=N–C) groups is 1. The van der Waals surface area contributed by atoms with Crippen LogP contribution in [0.15, 0.2) is 57.9 Å². The Bertz CT molecular complexity index is 1180. The molecule has 3 aromatic rings. The van der Waals surface area contributed by atoms with Gasteiger partial charge in [0.1, 0.15) is 5.71 Å². The zero-order valence-electron chi connectivity index (χ0n) is 17.1. The molecule has 0 aliphatic rings. The molecule has 2 aromatic carbocycles. The van der Waals surface area contributed by atoms with Crippen LogP contribution in [0.3, 0.4) is 0 Å². The number of hydrogen-bond donors (Lipinski definition) is 2. The van der Waals surface area contributed by atoms with E-state index in [1.54, 1.807) is 24.3 Å². The van der Waals surface area contributed by atoms with E-state index in [4.69, 9.17) is 17.0 Å². The van der Waals surface area contributed by atoms with Gasteiger partial charge in [-0.3, -0.25) is 15.1 Å². The molecule has 0 bridgehead atoms. The summed E-state index contributed by atoms with van der Waals surface area (Å²) in [7, 11) is 0. The Morgan fingerprint density at radius 2 is 1.82 bits per heavy atom. The van der Waals surface area contributed by atoms with Gasteiger partial charge in [0.15, 0.2) is 4.34 Å². The molecule has 0 aliphatic carbocycles. The van der Waals surface area contributed by atoms with Gasteiger partial charge in [-0.05, 0) is 35.6 Å². The molecule has 1 aromatic heterocycles. The predicted octanol–water partition coefficient (Wildman–Crippen LogP) is 6.65. The molecular formula is C21H17ClF3N5OS2. The molecule has 1 amide bonds. The molecule has 12 heteroatoms. The molecule has 2 N–H and O–H groups in total. The Labute approximate surface area is 200 Å². The standard InChI is InChI=1S/C21H17ClF3N5OS2/c1-2-32-20-30-29-19(33-20)28-18(31)13-9-7-12(8-10-13)16(11-17(26)21(23,24)25)27-15-6-4-3-5-14(15)22/h3-10,26H,2,11H2,1H3,(H,28,29,31). The van der Waals surface area contributed by atoms with Crippen LogP contribution in [-0.4, -0.2) is 39.5 Å². The van der Waals surface area contributed by atoms with Gasteiger partial charge in [0.2, 0.25) is 5.13 Å². The molecule has 3 rings (SSSR count). The first-order valence-electron chi connectivity index (χ1n) is 9.52. The zero-order valence-corrected chi connectivity index (χ0v) is 19.5. The van der Waals surface area contributed by atoms with Crippen molar-refractivity contribution in [1.82, 2.24) is 10.2 Å². The number of para-hydroxylation sites is 1. The zero-order chi connectivity index (χ0) is 24.0. The summed E-state index contributed by atoms with van der Waals surface area (Å²) in [5.41, 5.74) is -0.544. The maximum atomic E-state index is 13.0. The van der Waals surface area contributed by atoms with Crippen molar-refractivity contribution in [3.8, 4) is 0 Å². The molecule has 0 saturated carbocycles. The average molecular weight is 512 g/mol. The normalized spacial score (nSPS) is 12.0. The molecule has 33 heavy (non-hydrogen) atoms. The van der Waals surface area contributed by atoms with Gasteiger partial charge in [-0.25, -0.2) is 0 Å². The fraction of sp³-hybridized carbons (Fsp3) is 0.190. The molecule has 0 unspecified atom stereocenters. The monoisotopic (exact) mass is 511 g/mol. The summed E-state index contributed by atoms with van der Waals surface area (Å²) in [4.78, 5) is 16.8. The highest BCUT2D eigenvalue weighted by Crippen LogP contribution is 2.28. The van der Waals surface area contributed by atoms with E-state index >= 15 is 0 Å². The topological polar surface area (TPSA) is 91.1 Å². The summed E-state index contributed by atoms with van der Waals surface area (Å²) < 4.78 is 39.7. The van der Waals surface area contributed by atoms with E-state index in [9.17, 15) is 18.0 Å². The molecule has 6 nitrogen and oxygen atoms in total. The number of carbonyl (C=O) groups excluding carboxylic acids is 1. The minimum absolute atomic E-state index is 0.00254. The van der Waals surface area contributed by atoms with Crippen molar-refractivity contribution >= 4 is 62.8 Å². The number of nitrogens with one attached hydrogen (secondary N) is 2. The molecule has 0 fully saturated rings. The first-order valence-corrected chi connectivity index (χ1v) is 11.7. The molecule has 0 aliphatic heterocycles. The van der Waals surface area contributed by atoms with Crippen molar-refractivity contribution in [2.24, 2.45) is 4.99 Å². The number of rotatable bonds is 8. The van der Waals surface area contributed by atoms with Crippen LogP contribution in [0, 0.1) is 5.41 Å². The van der Waals surface area contributed by atoms with Crippen molar-refractivity contribution in [1.29, 1.82) is 5.41 Å². The van der Waals surface area contributed by atoms with Gasteiger partial charge in [-0.1, -0.05) is 65.9 Å². The van der Waals surface area contributed by atoms with E-state index in [-0.39, 0.29) is 22.0 Å². The summed E-state index contributed by atoms with van der Waals surface area (Å²) in [5.74, 6) is 0.395. The van der Waals surface area contributed by atoms with Gasteiger partial charge in [0, 0.05) is 12.0 Å². The van der Waals surface area contributed by atoms with Crippen molar-refractivity contribution in [3.63, 3.8) is 0 Å². The second-order valence-electron chi connectivity index (χ2n) is 6.50. The van der Waals surface area contributed by atoms with Gasteiger partial charge in [-0.2, -0.15) is 13.2 Å². The fourth-order valence-corrected chi connectivity index (χ4v) is 4.41. The fourth-order valence-electron chi connectivity index (χ4n) is 2.59. The van der Waals surface area contributed by atoms with Gasteiger partial charge in [-0.15, -0.1) is 10.2 Å². The number of alkyl halides is 3. The molecule has 0 saturated heterocycles. The lowest BCUT2D eigenvalue weighted by Gasteiger charge is -2.12. The number of nitrogens with zero attached hydrogens (tertiary/aromatic N) is 3. The summed E-state index contributed by atoms with van der Waals surface area (Å²) in [6, 6.07) is 12.3. The summed E-state index contributed by atoms with van der Waals surface area (Å²) in [6.45, 7) is 1.98. The van der Waals surface area contributed by atoms with E-state index in [0.717, 1.165) is 10.1 Å². The Morgan fingerprint density at radius 1 is 1.15 bits per heavy atom. The van der Waals surface area contributed by atoms with Gasteiger partial charge in [0.05, 0.1) is 16.4 Å². The second kappa shape index (κ2) is 10.9. The van der Waals surface area contributed by atoms with Crippen LogP contribution >= 0.6 is 34.7 Å². The van der Waals surface area contributed by atoms with Gasteiger partial charge in [0.25, 0.3) is 5.91 Å². The van der Waals surface area contributed by atoms with Gasteiger partial charge < -0.3 is 5.41 Å². The number of hydrogen-bond acceptors (Lipinski definition) is 7. The smallest absolute Gasteiger partial charge is 0.300 e. The second-order valence-corrected chi connectivity index (χ2v) is 9.40. The number of halogens is 4. The number of benzene rings is 2. The highest BCUT2D eigenvalue weighted by atomic mass is 35.5. The number of aromatic nitrogens is 2. The first kappa shape index (κ1) is 24.9. The molecular weight excluding hydrogens is 495 g/mol. The minimum Gasteiger partial charge on any atom is -0.300 e. The Balaban J connectivity index is 1.84. The van der Waals surface area contributed by atoms with Crippen LogP contribution < -0.4 is 5.32 Å². The van der Waals surface area contributed by atoms with E-state index in [1.807, 2.05) is 6.92 Å². The molecule has 0 radical (unpaired) electrons. The van der Waals surface area contributed by atoms with E-state index < -0.39 is 24.2 Å². The minimum atomic E-state index is -4.78. The average Bonchev–Trinajstić information content (AvgIpc) is 3.21. The molecule has 0 spiro atoms. The largest absolute Gasteiger partial charge is 0.429 e. The van der Waals surface area contributed by atoms with Gasteiger partial charge >= 0.3 is 6.18 Å². The van der Waals surface area contributed by atoms with Crippen LogP contribution in [0.4, 0.5) is 24.0 Å². The number of amides is 1. The maximum absolute atomic E-state index is 13.0. The van der Waals surface area contributed by atoms with Crippen molar-refractivity contribution in [2.75, 3.05) is 11.1 Å². The lowest BCUT2D eigenvalue weighted by atomic mass is 10.0. The van der Waals surface area contributed by atoms with E-state index in [2.05, 4.69) is 20.5 Å². The van der Waals surface area contributed by atoms with Crippen LogP contribution in [0.1, 0.15) is 29.3 Å². The van der Waals surface area contributed by atoms with Crippen molar-refractivity contribution < 1.29 is 18.0 Å². The van der Waals surface area contributed by atoms with Crippen LogP contribution in [0.25, 0.3) is 0 Å². The number of thioether (sulfide) groups is 1. The molecule has 1 heterocycles. The Kier molecular flexibility index (Phi) is 8.22. The molecule has 172 valence electrons. The van der Waals surface area contributed by atoms with Crippen LogP contribution in [0.2, 0.25) is 5.02 Å². The quantitative estimate of drug-likeness (QED) is 0.201. The highest BCUT2D eigenvalue weighted by molar-refractivity contribution is 8.01. The maximum Gasteiger partial charge on any atom is 0.429 e. The Hall–Kier alpha value is -2.76.